The topological polar surface area (TPSA) is 113 Å². The second kappa shape index (κ2) is 7.47. The van der Waals surface area contributed by atoms with Crippen molar-refractivity contribution in [3.8, 4) is 0 Å². The standard InChI is InChI=1S/C18H20N2O6/c1-11-13(18(23)24)9-12(26-11)10-19-16(21)14-5-2-3-7-20(14)17(22)15-6-4-8-25-15/h4,6,8-9,14H,2-3,5,7,10H2,1H3,(H,19,21)(H,23,24). The Morgan fingerprint density at radius 1 is 1.35 bits per heavy atom. The fraction of sp³-hybridized carbons (Fsp3) is 0.389. The zero-order chi connectivity index (χ0) is 18.7. The Kier molecular flexibility index (Phi) is 5.11. The van der Waals surface area contributed by atoms with E-state index in [1.165, 1.54) is 17.2 Å². The van der Waals surface area contributed by atoms with E-state index in [-0.39, 0.29) is 35.4 Å². The summed E-state index contributed by atoms with van der Waals surface area (Å²) in [6.45, 7) is 2.10. The summed E-state index contributed by atoms with van der Waals surface area (Å²) in [6.07, 6.45) is 3.67. The van der Waals surface area contributed by atoms with Crippen LogP contribution in [0.4, 0.5) is 0 Å². The van der Waals surface area contributed by atoms with Gasteiger partial charge >= 0.3 is 5.97 Å². The molecule has 1 aliphatic heterocycles. The average Bonchev–Trinajstić information content (AvgIpc) is 3.28. The highest BCUT2D eigenvalue weighted by atomic mass is 16.4. The van der Waals surface area contributed by atoms with E-state index in [1.54, 1.807) is 19.1 Å². The molecular weight excluding hydrogens is 340 g/mol. The van der Waals surface area contributed by atoms with Gasteiger partial charge in [0.2, 0.25) is 5.91 Å². The summed E-state index contributed by atoms with van der Waals surface area (Å²) in [7, 11) is 0. The summed E-state index contributed by atoms with van der Waals surface area (Å²) in [5.74, 6) is -0.835. The summed E-state index contributed by atoms with van der Waals surface area (Å²) in [6, 6.07) is 4.01. The van der Waals surface area contributed by atoms with E-state index in [2.05, 4.69) is 5.32 Å². The third-order valence-electron chi connectivity index (χ3n) is 4.43. The minimum atomic E-state index is -1.08. The van der Waals surface area contributed by atoms with Crippen molar-refractivity contribution in [2.75, 3.05) is 6.54 Å². The second-order valence-corrected chi connectivity index (χ2v) is 6.19. The molecule has 2 amide bonds. The molecule has 1 aliphatic rings. The number of aromatic carboxylic acids is 1. The number of carboxylic acids is 1. The summed E-state index contributed by atoms with van der Waals surface area (Å²) in [5, 5.41) is 11.8. The number of rotatable bonds is 5. The highest BCUT2D eigenvalue weighted by molar-refractivity contribution is 5.95. The zero-order valence-corrected chi connectivity index (χ0v) is 14.4. The van der Waals surface area contributed by atoms with Crippen LogP contribution in [-0.2, 0) is 11.3 Å². The number of carbonyl (C=O) groups is 3. The zero-order valence-electron chi connectivity index (χ0n) is 14.4. The lowest BCUT2D eigenvalue weighted by atomic mass is 10.0. The maximum Gasteiger partial charge on any atom is 0.339 e. The minimum absolute atomic E-state index is 0.0617. The molecule has 0 spiro atoms. The van der Waals surface area contributed by atoms with Crippen LogP contribution in [0.3, 0.4) is 0 Å². The van der Waals surface area contributed by atoms with Crippen LogP contribution in [0.25, 0.3) is 0 Å². The first-order chi connectivity index (χ1) is 12.5. The summed E-state index contributed by atoms with van der Waals surface area (Å²) >= 11 is 0. The highest BCUT2D eigenvalue weighted by Gasteiger charge is 2.33. The van der Waals surface area contributed by atoms with Gasteiger partial charge in [0, 0.05) is 6.54 Å². The third kappa shape index (κ3) is 3.63. The molecule has 0 aliphatic carbocycles. The lowest BCUT2D eigenvalue weighted by Gasteiger charge is -2.34. The van der Waals surface area contributed by atoms with Gasteiger partial charge in [-0.2, -0.15) is 0 Å². The van der Waals surface area contributed by atoms with E-state index in [0.717, 1.165) is 12.8 Å². The molecular formula is C18H20N2O6. The van der Waals surface area contributed by atoms with Gasteiger partial charge in [0.1, 0.15) is 23.1 Å². The van der Waals surface area contributed by atoms with E-state index in [0.29, 0.717) is 18.7 Å². The Balaban J connectivity index is 1.66. The first-order valence-corrected chi connectivity index (χ1v) is 8.42. The molecule has 1 fully saturated rings. The van der Waals surface area contributed by atoms with Gasteiger partial charge in [-0.3, -0.25) is 9.59 Å². The quantitative estimate of drug-likeness (QED) is 0.845. The van der Waals surface area contributed by atoms with Crippen molar-refractivity contribution in [1.82, 2.24) is 10.2 Å². The van der Waals surface area contributed by atoms with E-state index in [1.807, 2.05) is 0 Å². The van der Waals surface area contributed by atoms with Crippen molar-refractivity contribution < 1.29 is 28.3 Å². The van der Waals surface area contributed by atoms with E-state index >= 15 is 0 Å². The fourth-order valence-electron chi connectivity index (χ4n) is 3.12. The number of aryl methyl sites for hydroxylation is 1. The van der Waals surface area contributed by atoms with Crippen molar-refractivity contribution in [3.63, 3.8) is 0 Å². The Labute approximate surface area is 149 Å². The molecule has 3 rings (SSSR count). The number of carboxylic acid groups (broad SMARTS) is 1. The van der Waals surface area contributed by atoms with Gasteiger partial charge in [0.05, 0.1) is 12.8 Å². The van der Waals surface area contributed by atoms with Crippen LogP contribution in [0, 0.1) is 6.92 Å². The molecule has 1 unspecified atom stereocenters. The molecule has 8 heteroatoms. The monoisotopic (exact) mass is 360 g/mol. The first-order valence-electron chi connectivity index (χ1n) is 8.42. The van der Waals surface area contributed by atoms with Gasteiger partial charge in [-0.25, -0.2) is 4.79 Å². The molecule has 1 atom stereocenters. The van der Waals surface area contributed by atoms with Crippen LogP contribution in [0.1, 0.15) is 51.7 Å². The average molecular weight is 360 g/mol. The molecule has 26 heavy (non-hydrogen) atoms. The lowest BCUT2D eigenvalue weighted by molar-refractivity contribution is -0.126. The highest BCUT2D eigenvalue weighted by Crippen LogP contribution is 2.21. The number of amides is 2. The van der Waals surface area contributed by atoms with Gasteiger partial charge in [-0.05, 0) is 44.4 Å². The largest absolute Gasteiger partial charge is 0.478 e. The smallest absolute Gasteiger partial charge is 0.339 e. The normalized spacial score (nSPS) is 17.1. The van der Waals surface area contributed by atoms with E-state index in [4.69, 9.17) is 13.9 Å². The second-order valence-electron chi connectivity index (χ2n) is 6.19. The van der Waals surface area contributed by atoms with Crippen molar-refractivity contribution >= 4 is 17.8 Å². The van der Waals surface area contributed by atoms with Crippen molar-refractivity contribution in [3.05, 3.63) is 47.3 Å². The number of hydrogen-bond acceptors (Lipinski definition) is 5. The predicted molar refractivity (Wildman–Crippen MR) is 89.6 cm³/mol. The van der Waals surface area contributed by atoms with Gasteiger partial charge in [0.15, 0.2) is 5.76 Å². The van der Waals surface area contributed by atoms with Crippen LogP contribution in [-0.4, -0.2) is 40.4 Å². The molecule has 2 aromatic rings. The molecule has 2 N–H and O–H groups in total. The Morgan fingerprint density at radius 2 is 2.15 bits per heavy atom. The molecule has 0 saturated carbocycles. The molecule has 0 radical (unpaired) electrons. The maximum atomic E-state index is 12.6. The number of carbonyl (C=O) groups excluding carboxylic acids is 2. The van der Waals surface area contributed by atoms with E-state index < -0.39 is 12.0 Å². The number of likely N-dealkylation sites (tertiary alicyclic amines) is 1. The van der Waals surface area contributed by atoms with Gasteiger partial charge in [-0.15, -0.1) is 0 Å². The van der Waals surface area contributed by atoms with Gasteiger partial charge in [0.25, 0.3) is 5.91 Å². The summed E-state index contributed by atoms with van der Waals surface area (Å²) < 4.78 is 10.5. The number of hydrogen-bond donors (Lipinski definition) is 2. The minimum Gasteiger partial charge on any atom is -0.478 e. The van der Waals surface area contributed by atoms with Gasteiger partial charge in [-0.1, -0.05) is 0 Å². The molecule has 1 saturated heterocycles. The predicted octanol–water partition coefficient (Wildman–Crippen LogP) is 2.19. The molecule has 3 heterocycles. The van der Waals surface area contributed by atoms with E-state index in [9.17, 15) is 14.4 Å². The number of piperidine rings is 1. The SMILES string of the molecule is Cc1oc(CNC(=O)C2CCCCN2C(=O)c2ccco2)cc1C(=O)O. The van der Waals surface area contributed by atoms with Crippen LogP contribution < -0.4 is 5.32 Å². The van der Waals surface area contributed by atoms with Crippen molar-refractivity contribution in [1.29, 1.82) is 0 Å². The molecule has 2 aromatic heterocycles. The Morgan fingerprint density at radius 3 is 2.81 bits per heavy atom. The first kappa shape index (κ1) is 17.8. The third-order valence-corrected chi connectivity index (χ3v) is 4.43. The van der Waals surface area contributed by atoms with Crippen LogP contribution >= 0.6 is 0 Å². The molecule has 0 bridgehead atoms. The Hall–Kier alpha value is -3.03. The lowest BCUT2D eigenvalue weighted by Crippen LogP contribution is -2.51. The van der Waals surface area contributed by atoms with Crippen LogP contribution in [0.2, 0.25) is 0 Å². The molecule has 138 valence electrons. The fourth-order valence-corrected chi connectivity index (χ4v) is 3.12. The van der Waals surface area contributed by atoms with Crippen molar-refractivity contribution in [2.24, 2.45) is 0 Å². The maximum absolute atomic E-state index is 12.6. The van der Waals surface area contributed by atoms with Crippen LogP contribution in [0.15, 0.2) is 33.3 Å². The number of nitrogens with zero attached hydrogens (tertiary/aromatic N) is 1. The Bertz CT molecular complexity index is 808. The van der Waals surface area contributed by atoms with Crippen molar-refractivity contribution in [2.45, 2.75) is 38.8 Å². The molecule has 0 aromatic carbocycles. The summed E-state index contributed by atoms with van der Waals surface area (Å²) in [5.41, 5.74) is 0.0709. The number of furan rings is 2. The number of nitrogens with one attached hydrogen (secondary N) is 1. The van der Waals surface area contributed by atoms with Crippen LogP contribution in [0.5, 0.6) is 0 Å². The summed E-state index contributed by atoms with van der Waals surface area (Å²) in [4.78, 5) is 37.7. The molecule has 8 nitrogen and oxygen atoms in total. The van der Waals surface area contributed by atoms with Gasteiger partial charge < -0.3 is 24.2 Å².